The normalized spacial score (nSPS) is 26.7. The van der Waals surface area contributed by atoms with E-state index in [1.54, 1.807) is 4.90 Å². The number of rotatable bonds is 5. The molecule has 1 fully saturated rings. The molecule has 88 valence electrons. The Morgan fingerprint density at radius 3 is 2.40 bits per heavy atom. The van der Waals surface area contributed by atoms with Crippen molar-refractivity contribution in [2.45, 2.75) is 10.7 Å². The molecule has 0 spiro atoms. The molecule has 1 saturated heterocycles. The van der Waals surface area contributed by atoms with E-state index in [4.69, 9.17) is 5.73 Å². The Hall–Kier alpha value is 0.0900. The van der Waals surface area contributed by atoms with Crippen LogP contribution in [-0.2, 0) is 4.79 Å². The first-order valence-corrected chi connectivity index (χ1v) is 7.09. The first kappa shape index (κ1) is 13.2. The van der Waals surface area contributed by atoms with E-state index in [0.717, 1.165) is 17.9 Å². The molecular formula is C9H19N3OS2. The van der Waals surface area contributed by atoms with E-state index in [2.05, 4.69) is 19.0 Å². The molecule has 1 aliphatic rings. The molecule has 1 rings (SSSR count). The van der Waals surface area contributed by atoms with Gasteiger partial charge >= 0.3 is 0 Å². The molecule has 1 amide bonds. The van der Waals surface area contributed by atoms with Crippen LogP contribution >= 0.6 is 23.5 Å². The quantitative estimate of drug-likeness (QED) is 0.700. The molecule has 0 saturated carbocycles. The summed E-state index contributed by atoms with van der Waals surface area (Å²) in [6.07, 6.45) is 0.910. The maximum Gasteiger partial charge on any atom is 0.211 e. The van der Waals surface area contributed by atoms with Gasteiger partial charge in [-0.25, -0.2) is 0 Å². The Bertz CT molecular complexity index is 196. The van der Waals surface area contributed by atoms with E-state index in [1.807, 2.05) is 23.5 Å². The number of thioether (sulfide) groups is 2. The van der Waals surface area contributed by atoms with Crippen LogP contribution in [0.5, 0.6) is 0 Å². The third-order valence-electron chi connectivity index (χ3n) is 2.39. The summed E-state index contributed by atoms with van der Waals surface area (Å²) in [5.41, 5.74) is 5.46. The fourth-order valence-electron chi connectivity index (χ4n) is 1.33. The maximum absolute atomic E-state index is 10.8. The number of hydrogen-bond acceptors (Lipinski definition) is 5. The van der Waals surface area contributed by atoms with Gasteiger partial charge in [-0.05, 0) is 14.1 Å². The zero-order valence-corrected chi connectivity index (χ0v) is 10.9. The minimum absolute atomic E-state index is 0.252. The number of carbonyl (C=O) groups is 1. The standard InChI is InChI=1S/C9H19N3OS2/c1-11(2)8-5-14-9(15-6-8)12(7-13)4-3-10/h7-9H,3-6,10H2,1-2H3. The molecule has 2 N–H and O–H groups in total. The molecule has 0 aromatic rings. The van der Waals surface area contributed by atoms with E-state index >= 15 is 0 Å². The second kappa shape index (κ2) is 6.62. The van der Waals surface area contributed by atoms with Crippen LogP contribution < -0.4 is 5.73 Å². The van der Waals surface area contributed by atoms with Crippen LogP contribution in [0.1, 0.15) is 0 Å². The fourth-order valence-corrected chi connectivity index (χ4v) is 4.63. The lowest BCUT2D eigenvalue weighted by Crippen LogP contribution is -2.42. The second-order valence-corrected chi connectivity index (χ2v) is 6.25. The molecule has 0 bridgehead atoms. The van der Waals surface area contributed by atoms with Gasteiger partial charge in [0.15, 0.2) is 0 Å². The van der Waals surface area contributed by atoms with Crippen LogP contribution in [-0.4, -0.2) is 65.6 Å². The molecule has 0 aliphatic carbocycles. The molecule has 0 unspecified atom stereocenters. The van der Waals surface area contributed by atoms with Gasteiger partial charge in [-0.2, -0.15) is 0 Å². The number of amides is 1. The van der Waals surface area contributed by atoms with E-state index in [0.29, 0.717) is 19.1 Å². The molecule has 0 aromatic carbocycles. The van der Waals surface area contributed by atoms with Gasteiger partial charge in [0.05, 0.1) is 0 Å². The lowest BCUT2D eigenvalue weighted by atomic mass is 10.4. The predicted octanol–water partition coefficient (Wildman–Crippen LogP) is 0.0973. The zero-order valence-electron chi connectivity index (χ0n) is 9.26. The number of nitrogens with zero attached hydrogens (tertiary/aromatic N) is 2. The average molecular weight is 249 g/mol. The maximum atomic E-state index is 10.8. The Kier molecular flexibility index (Phi) is 5.81. The van der Waals surface area contributed by atoms with Gasteiger partial charge in [0.2, 0.25) is 6.41 Å². The fraction of sp³-hybridized carbons (Fsp3) is 0.889. The third kappa shape index (κ3) is 3.86. The van der Waals surface area contributed by atoms with Gasteiger partial charge < -0.3 is 15.5 Å². The van der Waals surface area contributed by atoms with Crippen LogP contribution in [0.2, 0.25) is 0 Å². The van der Waals surface area contributed by atoms with E-state index in [-0.39, 0.29) is 4.71 Å². The van der Waals surface area contributed by atoms with Gasteiger partial charge in [0, 0.05) is 30.6 Å². The van der Waals surface area contributed by atoms with Gasteiger partial charge in [-0.15, -0.1) is 23.5 Å². The SMILES string of the molecule is CN(C)C1CSC(N(C=O)CCN)SC1. The highest BCUT2D eigenvalue weighted by molar-refractivity contribution is 8.17. The number of carbonyl (C=O) groups excluding carboxylic acids is 1. The van der Waals surface area contributed by atoms with Crippen molar-refractivity contribution in [1.29, 1.82) is 0 Å². The van der Waals surface area contributed by atoms with Gasteiger partial charge in [0.25, 0.3) is 0 Å². The molecule has 1 heterocycles. The molecule has 4 nitrogen and oxygen atoms in total. The summed E-state index contributed by atoms with van der Waals surface area (Å²) in [7, 11) is 4.20. The van der Waals surface area contributed by atoms with Crippen LogP contribution in [0.25, 0.3) is 0 Å². The molecule has 6 heteroatoms. The summed E-state index contributed by atoms with van der Waals surface area (Å²) in [6.45, 7) is 1.19. The smallest absolute Gasteiger partial charge is 0.211 e. The summed E-state index contributed by atoms with van der Waals surface area (Å²) in [5, 5.41) is 0. The highest BCUT2D eigenvalue weighted by atomic mass is 32.2. The highest BCUT2D eigenvalue weighted by Gasteiger charge is 2.26. The summed E-state index contributed by atoms with van der Waals surface area (Å²) in [5.74, 6) is 2.17. The monoisotopic (exact) mass is 249 g/mol. The minimum atomic E-state index is 0.252. The first-order valence-electron chi connectivity index (χ1n) is 4.99. The molecule has 0 aromatic heterocycles. The first-order chi connectivity index (χ1) is 7.19. The van der Waals surface area contributed by atoms with Crippen LogP contribution in [0.3, 0.4) is 0 Å². The van der Waals surface area contributed by atoms with E-state index in [1.165, 1.54) is 0 Å². The summed E-state index contributed by atoms with van der Waals surface area (Å²) >= 11 is 3.67. The third-order valence-corrected chi connectivity index (χ3v) is 5.47. The summed E-state index contributed by atoms with van der Waals surface area (Å²) < 4.78 is 0.252. The summed E-state index contributed by atoms with van der Waals surface area (Å²) in [6, 6.07) is 0.614. The van der Waals surface area contributed by atoms with Crippen LogP contribution in [0, 0.1) is 0 Å². The lowest BCUT2D eigenvalue weighted by molar-refractivity contribution is -0.117. The van der Waals surface area contributed by atoms with Gasteiger partial charge in [0.1, 0.15) is 4.71 Å². The Labute approximate surface area is 99.9 Å². The van der Waals surface area contributed by atoms with Crippen molar-refractivity contribution < 1.29 is 4.79 Å². The Balaban J connectivity index is 2.38. The average Bonchev–Trinajstić information content (AvgIpc) is 2.26. The largest absolute Gasteiger partial charge is 0.329 e. The molecule has 0 radical (unpaired) electrons. The number of nitrogens with two attached hydrogens (primary N) is 1. The Morgan fingerprint density at radius 1 is 1.40 bits per heavy atom. The van der Waals surface area contributed by atoms with E-state index < -0.39 is 0 Å². The van der Waals surface area contributed by atoms with Gasteiger partial charge in [-0.3, -0.25) is 4.79 Å². The lowest BCUT2D eigenvalue weighted by Gasteiger charge is -2.35. The van der Waals surface area contributed by atoms with Crippen molar-refractivity contribution in [2.75, 3.05) is 38.7 Å². The van der Waals surface area contributed by atoms with E-state index in [9.17, 15) is 4.79 Å². The highest BCUT2D eigenvalue weighted by Crippen LogP contribution is 2.33. The van der Waals surface area contributed by atoms with Crippen LogP contribution in [0.4, 0.5) is 0 Å². The molecule has 0 atom stereocenters. The molecule has 15 heavy (non-hydrogen) atoms. The van der Waals surface area contributed by atoms with Crippen molar-refractivity contribution in [2.24, 2.45) is 5.73 Å². The van der Waals surface area contributed by atoms with Gasteiger partial charge in [-0.1, -0.05) is 0 Å². The molecular weight excluding hydrogens is 230 g/mol. The Morgan fingerprint density at radius 2 is 2.00 bits per heavy atom. The second-order valence-electron chi connectivity index (χ2n) is 3.72. The van der Waals surface area contributed by atoms with Crippen molar-refractivity contribution in [3.63, 3.8) is 0 Å². The minimum Gasteiger partial charge on any atom is -0.329 e. The van der Waals surface area contributed by atoms with Crippen molar-refractivity contribution in [3.8, 4) is 0 Å². The van der Waals surface area contributed by atoms with Crippen LogP contribution in [0.15, 0.2) is 0 Å². The zero-order chi connectivity index (χ0) is 11.3. The number of hydrogen-bond donors (Lipinski definition) is 1. The van der Waals surface area contributed by atoms with Crippen molar-refractivity contribution in [1.82, 2.24) is 9.80 Å². The van der Waals surface area contributed by atoms with Crippen molar-refractivity contribution >= 4 is 29.9 Å². The molecule has 1 aliphatic heterocycles. The summed E-state index contributed by atoms with van der Waals surface area (Å²) in [4.78, 5) is 14.9. The predicted molar refractivity (Wildman–Crippen MR) is 68.0 cm³/mol. The van der Waals surface area contributed by atoms with Crippen molar-refractivity contribution in [3.05, 3.63) is 0 Å². The topological polar surface area (TPSA) is 49.6 Å².